The second-order valence-corrected chi connectivity index (χ2v) is 7.99. The molecule has 0 radical (unpaired) electrons. The zero-order chi connectivity index (χ0) is 19.8. The van der Waals surface area contributed by atoms with Crippen LogP contribution in [-0.4, -0.2) is 23.7 Å². The molecule has 1 aliphatic heterocycles. The van der Waals surface area contributed by atoms with E-state index in [9.17, 15) is 10.1 Å². The number of nitro benzene ring substituents is 1. The number of fused-ring (bicyclic) bond motifs is 1. The summed E-state index contributed by atoms with van der Waals surface area (Å²) in [6.07, 6.45) is 2.74. The van der Waals surface area contributed by atoms with Crippen molar-refractivity contribution in [1.82, 2.24) is 0 Å². The number of rotatable bonds is 4. The van der Waals surface area contributed by atoms with Gasteiger partial charge in [-0.25, -0.2) is 0 Å². The van der Waals surface area contributed by atoms with E-state index in [1.165, 1.54) is 17.7 Å². The van der Waals surface area contributed by atoms with E-state index in [1.807, 2.05) is 6.07 Å². The third-order valence-electron chi connectivity index (χ3n) is 5.23. The minimum atomic E-state index is -0.431. The SMILES string of the molecule is CC1CC(C)(C)N(C)c2cc(Cl)c(/C=N\Nc3ccc([N+](=O)[O-])cc3)cc21. The quantitative estimate of drug-likeness (QED) is 0.433. The molecule has 6 nitrogen and oxygen atoms in total. The first-order valence-electron chi connectivity index (χ1n) is 8.80. The van der Waals surface area contributed by atoms with Gasteiger partial charge in [0.15, 0.2) is 0 Å². The van der Waals surface area contributed by atoms with Crippen molar-refractivity contribution in [2.45, 2.75) is 38.6 Å². The first-order valence-corrected chi connectivity index (χ1v) is 9.17. The van der Waals surface area contributed by atoms with Gasteiger partial charge in [-0.2, -0.15) is 5.10 Å². The fraction of sp³-hybridized carbons (Fsp3) is 0.350. The Balaban J connectivity index is 1.81. The van der Waals surface area contributed by atoms with Crippen molar-refractivity contribution in [2.75, 3.05) is 17.4 Å². The number of nitrogens with zero attached hydrogens (tertiary/aromatic N) is 3. The van der Waals surface area contributed by atoms with Crippen LogP contribution in [0.25, 0.3) is 0 Å². The minimum absolute atomic E-state index is 0.0447. The number of hydrazone groups is 1. The molecule has 2 aromatic carbocycles. The van der Waals surface area contributed by atoms with Gasteiger partial charge in [0.2, 0.25) is 0 Å². The lowest BCUT2D eigenvalue weighted by Crippen LogP contribution is -2.45. The van der Waals surface area contributed by atoms with Crippen molar-refractivity contribution >= 4 is 34.9 Å². The van der Waals surface area contributed by atoms with Crippen molar-refractivity contribution in [3.05, 3.63) is 62.7 Å². The molecule has 7 heteroatoms. The van der Waals surface area contributed by atoms with E-state index in [0.29, 0.717) is 16.6 Å². The number of anilines is 2. The smallest absolute Gasteiger partial charge is 0.269 e. The van der Waals surface area contributed by atoms with E-state index in [4.69, 9.17) is 11.6 Å². The van der Waals surface area contributed by atoms with Gasteiger partial charge in [-0.1, -0.05) is 18.5 Å². The summed E-state index contributed by atoms with van der Waals surface area (Å²) < 4.78 is 0. The average Bonchev–Trinajstić information content (AvgIpc) is 2.61. The van der Waals surface area contributed by atoms with Crippen LogP contribution in [0.3, 0.4) is 0 Å². The van der Waals surface area contributed by atoms with E-state index in [-0.39, 0.29) is 11.2 Å². The van der Waals surface area contributed by atoms with Gasteiger partial charge in [-0.05, 0) is 56.0 Å². The summed E-state index contributed by atoms with van der Waals surface area (Å²) in [6, 6.07) is 10.2. The molecule has 0 amide bonds. The van der Waals surface area contributed by atoms with Crippen LogP contribution in [0.1, 0.15) is 44.2 Å². The number of non-ortho nitro benzene ring substituents is 1. The predicted octanol–water partition coefficient (Wildman–Crippen LogP) is 5.42. The Morgan fingerprint density at radius 3 is 2.63 bits per heavy atom. The zero-order valence-corrected chi connectivity index (χ0v) is 16.6. The van der Waals surface area contributed by atoms with Gasteiger partial charge < -0.3 is 4.90 Å². The normalized spacial score (nSPS) is 18.4. The Hall–Kier alpha value is -2.60. The monoisotopic (exact) mass is 386 g/mol. The van der Waals surface area contributed by atoms with Gasteiger partial charge in [0.25, 0.3) is 5.69 Å². The molecule has 0 fully saturated rings. The first-order chi connectivity index (χ1) is 12.7. The highest BCUT2D eigenvalue weighted by Gasteiger charge is 2.34. The molecule has 2 aromatic rings. The lowest BCUT2D eigenvalue weighted by atomic mass is 9.80. The lowest BCUT2D eigenvalue weighted by Gasteiger charge is -2.45. The van der Waals surface area contributed by atoms with Crippen LogP contribution in [0, 0.1) is 10.1 Å². The van der Waals surface area contributed by atoms with Crippen LogP contribution in [0.15, 0.2) is 41.5 Å². The highest BCUT2D eigenvalue weighted by Crippen LogP contribution is 2.44. The molecule has 1 unspecified atom stereocenters. The molecule has 0 saturated heterocycles. The van der Waals surface area contributed by atoms with Crippen LogP contribution < -0.4 is 10.3 Å². The van der Waals surface area contributed by atoms with E-state index in [0.717, 1.165) is 17.7 Å². The average molecular weight is 387 g/mol. The van der Waals surface area contributed by atoms with Crippen molar-refractivity contribution in [2.24, 2.45) is 5.10 Å². The summed E-state index contributed by atoms with van der Waals surface area (Å²) in [5, 5.41) is 15.6. The molecule has 0 aromatic heterocycles. The fourth-order valence-electron chi connectivity index (χ4n) is 3.54. The van der Waals surface area contributed by atoms with Crippen LogP contribution in [0.5, 0.6) is 0 Å². The summed E-state index contributed by atoms with van der Waals surface area (Å²) >= 11 is 6.48. The summed E-state index contributed by atoms with van der Waals surface area (Å²) in [5.41, 5.74) is 6.93. The lowest BCUT2D eigenvalue weighted by molar-refractivity contribution is -0.384. The molecular weight excluding hydrogens is 364 g/mol. The molecule has 3 rings (SSSR count). The first kappa shape index (κ1) is 19.2. The van der Waals surface area contributed by atoms with Gasteiger partial charge in [-0.3, -0.25) is 15.5 Å². The van der Waals surface area contributed by atoms with Gasteiger partial charge in [0.05, 0.1) is 21.8 Å². The summed E-state index contributed by atoms with van der Waals surface area (Å²) in [4.78, 5) is 12.5. The molecular formula is C20H23ClN4O2. The van der Waals surface area contributed by atoms with E-state index in [1.54, 1.807) is 18.3 Å². The van der Waals surface area contributed by atoms with Gasteiger partial charge >= 0.3 is 0 Å². The summed E-state index contributed by atoms with van der Waals surface area (Å²) in [6.45, 7) is 6.71. The van der Waals surface area contributed by atoms with Crippen molar-refractivity contribution in [1.29, 1.82) is 0 Å². The van der Waals surface area contributed by atoms with Crippen LogP contribution in [0.2, 0.25) is 5.02 Å². The molecule has 1 heterocycles. The van der Waals surface area contributed by atoms with Crippen LogP contribution >= 0.6 is 11.6 Å². The van der Waals surface area contributed by atoms with Crippen molar-refractivity contribution in [3.8, 4) is 0 Å². The number of benzene rings is 2. The third-order valence-corrected chi connectivity index (χ3v) is 5.55. The zero-order valence-electron chi connectivity index (χ0n) is 15.9. The van der Waals surface area contributed by atoms with Crippen LogP contribution in [-0.2, 0) is 0 Å². The van der Waals surface area contributed by atoms with Gasteiger partial charge in [0.1, 0.15) is 0 Å². The van der Waals surface area contributed by atoms with Gasteiger partial charge in [0, 0.05) is 36.0 Å². The van der Waals surface area contributed by atoms with Crippen LogP contribution in [0.4, 0.5) is 17.1 Å². The number of nitro groups is 1. The Kier molecular flexibility index (Phi) is 5.11. The summed E-state index contributed by atoms with van der Waals surface area (Å²) in [5.74, 6) is 0.429. The minimum Gasteiger partial charge on any atom is -0.369 e. The van der Waals surface area contributed by atoms with E-state index < -0.39 is 4.92 Å². The summed E-state index contributed by atoms with van der Waals surface area (Å²) in [7, 11) is 2.10. The number of hydrogen-bond acceptors (Lipinski definition) is 5. The second kappa shape index (κ2) is 7.19. The molecule has 1 aliphatic rings. The van der Waals surface area contributed by atoms with E-state index >= 15 is 0 Å². The third kappa shape index (κ3) is 3.90. The topological polar surface area (TPSA) is 70.8 Å². The van der Waals surface area contributed by atoms with Crippen molar-refractivity contribution < 1.29 is 4.92 Å². The molecule has 27 heavy (non-hydrogen) atoms. The maximum Gasteiger partial charge on any atom is 0.269 e. The Morgan fingerprint density at radius 1 is 1.33 bits per heavy atom. The molecule has 0 aliphatic carbocycles. The molecule has 0 saturated carbocycles. The largest absolute Gasteiger partial charge is 0.369 e. The van der Waals surface area contributed by atoms with Gasteiger partial charge in [-0.15, -0.1) is 0 Å². The molecule has 0 bridgehead atoms. The van der Waals surface area contributed by atoms with E-state index in [2.05, 4.69) is 49.3 Å². The number of halogens is 1. The highest BCUT2D eigenvalue weighted by atomic mass is 35.5. The maximum absolute atomic E-state index is 10.7. The number of hydrogen-bond donors (Lipinski definition) is 1. The standard InChI is InChI=1S/C20H23ClN4O2/c1-13-11-20(2,3)24(4)19-10-18(21)14(9-17(13)19)12-22-23-15-5-7-16(8-6-15)25(26)27/h5-10,12-13,23H,11H2,1-4H3/b22-12-. The molecule has 1 atom stereocenters. The van der Waals surface area contributed by atoms with Crippen molar-refractivity contribution in [3.63, 3.8) is 0 Å². The highest BCUT2D eigenvalue weighted by molar-refractivity contribution is 6.33. The fourth-order valence-corrected chi connectivity index (χ4v) is 3.74. The number of nitrogens with one attached hydrogen (secondary N) is 1. The second-order valence-electron chi connectivity index (χ2n) is 7.58. The molecule has 0 spiro atoms. The molecule has 1 N–H and O–H groups in total. The Labute approximate surface area is 164 Å². The maximum atomic E-state index is 10.7. The Morgan fingerprint density at radius 2 is 2.00 bits per heavy atom. The Bertz CT molecular complexity index is 894. The predicted molar refractivity (Wildman–Crippen MR) is 111 cm³/mol. The molecule has 142 valence electrons.